The zero-order valence-electron chi connectivity index (χ0n) is 16.3. The smallest absolute Gasteiger partial charge is 0.194 e. The second kappa shape index (κ2) is 7.74. The number of imidazole rings is 1. The maximum atomic E-state index is 13.7. The van der Waals surface area contributed by atoms with E-state index in [4.69, 9.17) is 21.1 Å². The molecule has 1 aromatic heterocycles. The molecule has 2 unspecified atom stereocenters. The van der Waals surface area contributed by atoms with Crippen molar-refractivity contribution < 1.29 is 22.3 Å². The van der Waals surface area contributed by atoms with Crippen LogP contribution in [0.15, 0.2) is 23.2 Å². The molecular formula is C19H24ClFN2O4S. The van der Waals surface area contributed by atoms with Crippen molar-refractivity contribution in [1.29, 1.82) is 0 Å². The van der Waals surface area contributed by atoms with Crippen LogP contribution in [0.2, 0.25) is 5.02 Å². The van der Waals surface area contributed by atoms with Gasteiger partial charge in [0.25, 0.3) is 0 Å². The summed E-state index contributed by atoms with van der Waals surface area (Å²) < 4.78 is 49.7. The molecule has 2 aromatic rings. The van der Waals surface area contributed by atoms with Crippen molar-refractivity contribution >= 4 is 21.4 Å². The lowest BCUT2D eigenvalue weighted by molar-refractivity contribution is -0.128. The van der Waals surface area contributed by atoms with Crippen LogP contribution in [0.4, 0.5) is 4.39 Å². The van der Waals surface area contributed by atoms with Crippen LogP contribution < -0.4 is 0 Å². The normalized spacial score (nSPS) is 20.9. The third kappa shape index (κ3) is 4.74. The number of rotatable bonds is 5. The Morgan fingerprint density at radius 1 is 1.43 bits per heavy atom. The van der Waals surface area contributed by atoms with Gasteiger partial charge < -0.3 is 14.5 Å². The predicted octanol–water partition coefficient (Wildman–Crippen LogP) is 3.98. The van der Waals surface area contributed by atoms with E-state index in [0.717, 1.165) is 6.26 Å². The van der Waals surface area contributed by atoms with Crippen molar-refractivity contribution in [2.45, 2.75) is 56.4 Å². The fourth-order valence-electron chi connectivity index (χ4n) is 3.41. The molecule has 3 rings (SSSR count). The summed E-state index contributed by atoms with van der Waals surface area (Å²) in [6.45, 7) is 6.18. The fraction of sp³-hybridized carbons (Fsp3) is 0.526. The van der Waals surface area contributed by atoms with E-state index < -0.39 is 21.8 Å². The topological polar surface area (TPSA) is 81.3 Å². The van der Waals surface area contributed by atoms with Crippen molar-refractivity contribution in [1.82, 2.24) is 9.97 Å². The van der Waals surface area contributed by atoms with Crippen LogP contribution >= 0.6 is 11.6 Å². The summed E-state index contributed by atoms with van der Waals surface area (Å²) >= 11 is 5.97. The highest BCUT2D eigenvalue weighted by molar-refractivity contribution is 7.90. The predicted molar refractivity (Wildman–Crippen MR) is 104 cm³/mol. The molecule has 0 radical (unpaired) electrons. The van der Waals surface area contributed by atoms with Crippen LogP contribution in [0.25, 0.3) is 0 Å². The third-order valence-corrected chi connectivity index (χ3v) is 6.07. The van der Waals surface area contributed by atoms with Crippen molar-refractivity contribution in [3.63, 3.8) is 0 Å². The average Bonchev–Trinajstić information content (AvgIpc) is 2.96. The quantitative estimate of drug-likeness (QED) is 0.775. The zero-order chi connectivity index (χ0) is 20.7. The summed E-state index contributed by atoms with van der Waals surface area (Å²) in [5.74, 6) is -0.200. The first-order valence-electron chi connectivity index (χ1n) is 8.97. The van der Waals surface area contributed by atoms with E-state index >= 15 is 0 Å². The SMILES string of the molecule is Cc1[nH]c(C(OC2CCOC(C)(C)C2)c2ccc(F)c(Cl)c2)nc1S(C)(=O)=O. The molecule has 154 valence electrons. The van der Waals surface area contributed by atoms with Gasteiger partial charge in [-0.2, -0.15) is 0 Å². The van der Waals surface area contributed by atoms with Gasteiger partial charge in [0.05, 0.1) is 22.4 Å². The Balaban J connectivity index is 2.01. The Kier molecular flexibility index (Phi) is 5.87. The standard InChI is InChI=1S/C19H24ClFN2O4S/c1-11-18(28(4,24)25)23-17(22-11)16(12-5-6-15(21)14(20)9-12)27-13-7-8-26-19(2,3)10-13/h5-6,9,13,16H,7-8,10H2,1-4H3,(H,22,23). The molecule has 0 amide bonds. The van der Waals surface area contributed by atoms with Crippen molar-refractivity contribution in [2.24, 2.45) is 0 Å². The molecule has 2 atom stereocenters. The molecule has 6 nitrogen and oxygen atoms in total. The number of aromatic nitrogens is 2. The minimum Gasteiger partial charge on any atom is -0.375 e. The molecular weight excluding hydrogens is 407 g/mol. The van der Waals surface area contributed by atoms with Gasteiger partial charge in [-0.05, 0) is 44.9 Å². The van der Waals surface area contributed by atoms with Gasteiger partial charge in [-0.1, -0.05) is 17.7 Å². The summed E-state index contributed by atoms with van der Waals surface area (Å²) in [6.07, 6.45) is 1.60. The first-order chi connectivity index (χ1) is 13.0. The Hall–Kier alpha value is -1.48. The molecule has 1 N–H and O–H groups in total. The monoisotopic (exact) mass is 430 g/mol. The lowest BCUT2D eigenvalue weighted by Gasteiger charge is -2.36. The number of hydrogen-bond acceptors (Lipinski definition) is 5. The Bertz CT molecular complexity index is 974. The molecule has 0 spiro atoms. The van der Waals surface area contributed by atoms with Gasteiger partial charge in [0.2, 0.25) is 0 Å². The van der Waals surface area contributed by atoms with Crippen LogP contribution in [0.1, 0.15) is 49.9 Å². The van der Waals surface area contributed by atoms with E-state index in [0.29, 0.717) is 36.5 Å². The number of ether oxygens (including phenoxy) is 2. The largest absolute Gasteiger partial charge is 0.375 e. The highest BCUT2D eigenvalue weighted by Crippen LogP contribution is 2.34. The van der Waals surface area contributed by atoms with Gasteiger partial charge >= 0.3 is 0 Å². The van der Waals surface area contributed by atoms with Gasteiger partial charge in [-0.25, -0.2) is 17.8 Å². The van der Waals surface area contributed by atoms with E-state index in [1.807, 2.05) is 13.8 Å². The van der Waals surface area contributed by atoms with Crippen LogP contribution in [0.5, 0.6) is 0 Å². The Morgan fingerprint density at radius 3 is 2.71 bits per heavy atom. The lowest BCUT2D eigenvalue weighted by Crippen LogP contribution is -2.38. The summed E-state index contributed by atoms with van der Waals surface area (Å²) in [7, 11) is -3.50. The van der Waals surface area contributed by atoms with E-state index in [9.17, 15) is 12.8 Å². The molecule has 1 aromatic carbocycles. The number of sulfone groups is 1. The first kappa shape index (κ1) is 21.2. The summed E-state index contributed by atoms with van der Waals surface area (Å²) in [5, 5.41) is -0.0679. The number of hydrogen-bond donors (Lipinski definition) is 1. The van der Waals surface area contributed by atoms with Crippen LogP contribution in [0, 0.1) is 12.7 Å². The van der Waals surface area contributed by atoms with E-state index in [1.54, 1.807) is 13.0 Å². The lowest BCUT2D eigenvalue weighted by atomic mass is 9.95. The third-order valence-electron chi connectivity index (χ3n) is 4.68. The van der Waals surface area contributed by atoms with Crippen molar-refractivity contribution in [2.75, 3.05) is 12.9 Å². The first-order valence-corrected chi connectivity index (χ1v) is 11.2. The molecule has 1 saturated heterocycles. The molecule has 0 bridgehead atoms. The molecule has 28 heavy (non-hydrogen) atoms. The Morgan fingerprint density at radius 2 is 2.14 bits per heavy atom. The number of halogens is 2. The molecule has 0 aliphatic carbocycles. The molecule has 1 fully saturated rings. The molecule has 9 heteroatoms. The van der Waals surface area contributed by atoms with Gasteiger partial charge in [0.15, 0.2) is 14.9 Å². The Labute approximate surface area is 169 Å². The molecule has 0 saturated carbocycles. The van der Waals surface area contributed by atoms with Crippen molar-refractivity contribution in [3.05, 3.63) is 46.1 Å². The van der Waals surface area contributed by atoms with E-state index in [2.05, 4.69) is 9.97 Å². The summed E-state index contributed by atoms with van der Waals surface area (Å²) in [5.41, 5.74) is 0.682. The number of nitrogens with one attached hydrogen (secondary N) is 1. The van der Waals surface area contributed by atoms with E-state index in [-0.39, 0.29) is 21.8 Å². The number of aryl methyl sites for hydroxylation is 1. The van der Waals surface area contributed by atoms with Gasteiger partial charge in [0.1, 0.15) is 17.7 Å². The summed E-state index contributed by atoms with van der Waals surface area (Å²) in [6, 6.07) is 4.30. The molecule has 1 aliphatic rings. The minimum absolute atomic E-state index is 0.0309. The molecule has 1 aliphatic heterocycles. The number of aromatic amines is 1. The fourth-order valence-corrected chi connectivity index (χ4v) is 4.47. The van der Waals surface area contributed by atoms with Crippen LogP contribution in [-0.2, 0) is 19.3 Å². The number of benzene rings is 1. The highest BCUT2D eigenvalue weighted by atomic mass is 35.5. The van der Waals surface area contributed by atoms with E-state index in [1.165, 1.54) is 12.1 Å². The second-order valence-corrected chi connectivity index (χ2v) is 10.1. The van der Waals surface area contributed by atoms with Gasteiger partial charge in [-0.15, -0.1) is 0 Å². The minimum atomic E-state index is -3.50. The van der Waals surface area contributed by atoms with Crippen LogP contribution in [-0.4, -0.2) is 43.0 Å². The van der Waals surface area contributed by atoms with Gasteiger partial charge in [-0.3, -0.25) is 0 Å². The average molecular weight is 431 g/mol. The number of H-pyrrole nitrogens is 1. The zero-order valence-corrected chi connectivity index (χ0v) is 17.8. The maximum Gasteiger partial charge on any atom is 0.194 e. The number of nitrogens with zero attached hydrogens (tertiary/aromatic N) is 1. The highest BCUT2D eigenvalue weighted by Gasteiger charge is 2.33. The van der Waals surface area contributed by atoms with Gasteiger partial charge in [0, 0.05) is 19.3 Å². The van der Waals surface area contributed by atoms with Crippen LogP contribution in [0.3, 0.4) is 0 Å². The second-order valence-electron chi connectivity index (χ2n) is 7.74. The maximum absolute atomic E-state index is 13.7. The summed E-state index contributed by atoms with van der Waals surface area (Å²) in [4.78, 5) is 7.29. The molecule has 2 heterocycles. The van der Waals surface area contributed by atoms with Crippen molar-refractivity contribution in [3.8, 4) is 0 Å².